The van der Waals surface area contributed by atoms with Crippen LogP contribution in [0.2, 0.25) is 0 Å². The molecule has 1 nitrogen and oxygen atoms in total. The molecule has 88 valence electrons. The van der Waals surface area contributed by atoms with E-state index in [9.17, 15) is 5.11 Å². The predicted molar refractivity (Wildman–Crippen MR) is 67.5 cm³/mol. The van der Waals surface area contributed by atoms with Gasteiger partial charge in [-0.05, 0) is 43.2 Å². The average Bonchev–Trinajstić information content (AvgIpc) is 2.22. The third-order valence-electron chi connectivity index (χ3n) is 3.84. The van der Waals surface area contributed by atoms with E-state index in [-0.39, 0.29) is 6.10 Å². The minimum atomic E-state index is -0.0927. The van der Waals surface area contributed by atoms with Gasteiger partial charge in [0.15, 0.2) is 0 Å². The molecule has 0 bridgehead atoms. The number of hydrogen-bond acceptors (Lipinski definition) is 1. The molecule has 1 N–H and O–H groups in total. The van der Waals surface area contributed by atoms with Gasteiger partial charge in [0, 0.05) is 0 Å². The van der Waals surface area contributed by atoms with E-state index in [1.807, 2.05) is 0 Å². The molecule has 1 fully saturated rings. The molecule has 0 aromatic heterocycles. The smallest absolute Gasteiger partial charge is 0.0546 e. The van der Waals surface area contributed by atoms with Crippen molar-refractivity contribution in [3.8, 4) is 0 Å². The second kappa shape index (κ2) is 5.49. The largest absolute Gasteiger partial charge is 0.393 e. The molecule has 0 heterocycles. The summed E-state index contributed by atoms with van der Waals surface area (Å²) in [4.78, 5) is 0. The molecule has 1 aromatic rings. The van der Waals surface area contributed by atoms with E-state index in [2.05, 4.69) is 31.2 Å². The van der Waals surface area contributed by atoms with Crippen LogP contribution in [0.5, 0.6) is 0 Å². The van der Waals surface area contributed by atoms with Crippen LogP contribution in [-0.4, -0.2) is 11.2 Å². The van der Waals surface area contributed by atoms with Crippen LogP contribution in [0.15, 0.2) is 24.3 Å². The number of rotatable bonds is 5. The number of benzene rings is 1. The maximum Gasteiger partial charge on any atom is 0.0546 e. The van der Waals surface area contributed by atoms with Crippen molar-refractivity contribution in [2.24, 2.45) is 5.92 Å². The molecule has 1 aliphatic rings. The number of hydrogen-bond donors (Lipinski definition) is 1. The Labute approximate surface area is 98.5 Å². The number of aliphatic hydroxyl groups is 1. The molecule has 1 heteroatoms. The van der Waals surface area contributed by atoms with Crippen molar-refractivity contribution in [2.45, 2.75) is 51.6 Å². The highest BCUT2D eigenvalue weighted by atomic mass is 16.3. The lowest BCUT2D eigenvalue weighted by molar-refractivity contribution is 0.110. The molecule has 16 heavy (non-hydrogen) atoms. The van der Waals surface area contributed by atoms with Gasteiger partial charge in [0.2, 0.25) is 0 Å². The highest BCUT2D eigenvalue weighted by Gasteiger charge is 2.20. The second-order valence-corrected chi connectivity index (χ2v) is 5.15. The van der Waals surface area contributed by atoms with Crippen LogP contribution >= 0.6 is 0 Å². The summed E-state index contributed by atoms with van der Waals surface area (Å²) in [6, 6.07) is 8.48. The van der Waals surface area contributed by atoms with Crippen molar-refractivity contribution >= 4 is 0 Å². The Bertz CT molecular complexity index is 328. The number of aliphatic hydroxyl groups excluding tert-OH is 1. The van der Waals surface area contributed by atoms with E-state index >= 15 is 0 Å². The van der Waals surface area contributed by atoms with E-state index in [0.29, 0.717) is 0 Å². The maximum atomic E-state index is 9.94. The topological polar surface area (TPSA) is 20.2 Å². The molecule has 1 atom stereocenters. The van der Waals surface area contributed by atoms with Crippen LogP contribution in [0.4, 0.5) is 0 Å². The first-order valence-electron chi connectivity index (χ1n) is 6.48. The molecule has 0 amide bonds. The first kappa shape index (κ1) is 11.7. The van der Waals surface area contributed by atoms with Gasteiger partial charge in [-0.25, -0.2) is 0 Å². The fourth-order valence-corrected chi connectivity index (χ4v) is 2.44. The molecule has 1 unspecified atom stereocenters. The van der Waals surface area contributed by atoms with Crippen LogP contribution in [-0.2, 0) is 6.42 Å². The maximum absolute atomic E-state index is 9.94. The molecule has 0 radical (unpaired) electrons. The average molecular weight is 218 g/mol. The fourth-order valence-electron chi connectivity index (χ4n) is 2.44. The van der Waals surface area contributed by atoms with Gasteiger partial charge in [0.05, 0.1) is 6.10 Å². The van der Waals surface area contributed by atoms with E-state index in [1.54, 1.807) is 0 Å². The monoisotopic (exact) mass is 218 g/mol. The molecule has 0 saturated heterocycles. The summed E-state index contributed by atoms with van der Waals surface area (Å²) in [6.45, 7) is 2.15. The van der Waals surface area contributed by atoms with Crippen molar-refractivity contribution in [1.82, 2.24) is 0 Å². The van der Waals surface area contributed by atoms with Gasteiger partial charge in [-0.2, -0.15) is 0 Å². The molecule has 1 saturated carbocycles. The van der Waals surface area contributed by atoms with Gasteiger partial charge < -0.3 is 5.11 Å². The molecule has 0 aliphatic heterocycles. The van der Waals surface area contributed by atoms with Crippen molar-refractivity contribution in [2.75, 3.05) is 0 Å². The zero-order chi connectivity index (χ0) is 11.4. The molecular weight excluding hydrogens is 196 g/mol. The van der Waals surface area contributed by atoms with Gasteiger partial charge >= 0.3 is 0 Å². The minimum absolute atomic E-state index is 0.0927. The summed E-state index contributed by atoms with van der Waals surface area (Å²) in [6.07, 6.45) is 6.90. The fraction of sp³-hybridized carbons (Fsp3) is 0.600. The van der Waals surface area contributed by atoms with Gasteiger partial charge in [-0.1, -0.05) is 43.5 Å². The quantitative estimate of drug-likeness (QED) is 0.802. The van der Waals surface area contributed by atoms with Crippen molar-refractivity contribution in [3.05, 3.63) is 35.4 Å². The van der Waals surface area contributed by atoms with Gasteiger partial charge in [0.25, 0.3) is 0 Å². The third kappa shape index (κ3) is 3.08. The lowest BCUT2D eigenvalue weighted by Gasteiger charge is -2.27. The molecular formula is C15H22O. The lowest BCUT2D eigenvalue weighted by Crippen LogP contribution is -2.19. The van der Waals surface area contributed by atoms with E-state index in [1.165, 1.54) is 30.4 Å². The Hall–Kier alpha value is -0.820. The van der Waals surface area contributed by atoms with Crippen molar-refractivity contribution in [3.63, 3.8) is 0 Å². The van der Waals surface area contributed by atoms with E-state index in [0.717, 1.165) is 25.2 Å². The van der Waals surface area contributed by atoms with Crippen LogP contribution in [0.3, 0.4) is 0 Å². The molecule has 1 aliphatic carbocycles. The summed E-state index contributed by atoms with van der Waals surface area (Å²) < 4.78 is 0. The molecule has 1 aromatic carbocycles. The van der Waals surface area contributed by atoms with E-state index in [4.69, 9.17) is 0 Å². The SMILES string of the molecule is Cc1ccccc1CCC(O)CC1CCC1. The Morgan fingerprint density at radius 1 is 1.31 bits per heavy atom. The Morgan fingerprint density at radius 3 is 2.69 bits per heavy atom. The summed E-state index contributed by atoms with van der Waals surface area (Å²) in [7, 11) is 0. The molecule has 2 rings (SSSR count). The number of aryl methyl sites for hydroxylation is 2. The van der Waals surface area contributed by atoms with Crippen molar-refractivity contribution < 1.29 is 5.11 Å². The van der Waals surface area contributed by atoms with Crippen molar-refractivity contribution in [1.29, 1.82) is 0 Å². The normalized spacial score (nSPS) is 18.1. The van der Waals surface area contributed by atoms with Crippen LogP contribution in [0.1, 0.15) is 43.2 Å². The predicted octanol–water partition coefficient (Wildman–Crippen LogP) is 3.48. The first-order chi connectivity index (χ1) is 7.75. The minimum Gasteiger partial charge on any atom is -0.393 e. The van der Waals surface area contributed by atoms with Gasteiger partial charge in [0.1, 0.15) is 0 Å². The van der Waals surface area contributed by atoms with E-state index < -0.39 is 0 Å². The highest BCUT2D eigenvalue weighted by molar-refractivity contribution is 5.25. The highest BCUT2D eigenvalue weighted by Crippen LogP contribution is 2.31. The summed E-state index contributed by atoms with van der Waals surface area (Å²) >= 11 is 0. The van der Waals surface area contributed by atoms with Crippen LogP contribution < -0.4 is 0 Å². The summed E-state index contributed by atoms with van der Waals surface area (Å²) in [5, 5.41) is 9.94. The Kier molecular flexibility index (Phi) is 4.00. The van der Waals surface area contributed by atoms with Gasteiger partial charge in [-0.15, -0.1) is 0 Å². The van der Waals surface area contributed by atoms with Gasteiger partial charge in [-0.3, -0.25) is 0 Å². The standard InChI is InChI=1S/C15H22O/c1-12-5-2-3-8-14(12)9-10-15(16)11-13-6-4-7-13/h2-3,5,8,13,15-16H,4,6-7,9-11H2,1H3. The summed E-state index contributed by atoms with van der Waals surface area (Å²) in [5.41, 5.74) is 2.73. The Balaban J connectivity index is 1.75. The second-order valence-electron chi connectivity index (χ2n) is 5.15. The first-order valence-corrected chi connectivity index (χ1v) is 6.48. The van der Waals surface area contributed by atoms with Crippen LogP contribution in [0.25, 0.3) is 0 Å². The lowest BCUT2D eigenvalue weighted by atomic mass is 9.80. The zero-order valence-corrected chi connectivity index (χ0v) is 10.2. The van der Waals surface area contributed by atoms with Crippen LogP contribution in [0, 0.1) is 12.8 Å². The third-order valence-corrected chi connectivity index (χ3v) is 3.84. The summed E-state index contributed by atoms with van der Waals surface area (Å²) in [5.74, 6) is 0.812. The zero-order valence-electron chi connectivity index (χ0n) is 10.2. The molecule has 0 spiro atoms. The Morgan fingerprint density at radius 2 is 2.06 bits per heavy atom.